The molecule has 2 rings (SSSR count). The van der Waals surface area contributed by atoms with Crippen LogP contribution in [0.3, 0.4) is 0 Å². The van der Waals surface area contributed by atoms with Crippen molar-refractivity contribution in [2.24, 2.45) is 0 Å². The maximum Gasteiger partial charge on any atom is 0.307 e. The molecule has 1 aromatic rings. The molecule has 0 unspecified atom stereocenters. The normalized spacial score (nSPS) is 15.7. The third-order valence-electron chi connectivity index (χ3n) is 4.41. The molecule has 0 aliphatic heterocycles. The van der Waals surface area contributed by atoms with Gasteiger partial charge < -0.3 is 9.64 Å². The van der Waals surface area contributed by atoms with Crippen molar-refractivity contribution in [2.75, 3.05) is 13.2 Å². The lowest BCUT2D eigenvalue weighted by molar-refractivity contribution is -0.143. The Bertz CT molecular complexity index is 493. The van der Waals surface area contributed by atoms with Gasteiger partial charge in [-0.05, 0) is 31.9 Å². The Hall–Kier alpha value is -1.84. The van der Waals surface area contributed by atoms with E-state index in [1.54, 1.807) is 6.92 Å². The van der Waals surface area contributed by atoms with Crippen LogP contribution in [0.1, 0.15) is 62.2 Å². The van der Waals surface area contributed by atoms with E-state index < -0.39 is 0 Å². The molecule has 23 heavy (non-hydrogen) atoms. The first kappa shape index (κ1) is 17.5. The van der Waals surface area contributed by atoms with Gasteiger partial charge >= 0.3 is 5.97 Å². The first-order valence-electron chi connectivity index (χ1n) is 8.74. The molecular formula is C19H27NO3. The van der Waals surface area contributed by atoms with Gasteiger partial charge in [0.15, 0.2) is 0 Å². The van der Waals surface area contributed by atoms with Crippen LogP contribution in [0.5, 0.6) is 0 Å². The molecule has 0 aromatic heterocycles. The molecule has 1 aliphatic rings. The van der Waals surface area contributed by atoms with Crippen LogP contribution < -0.4 is 0 Å². The molecule has 0 spiro atoms. The van der Waals surface area contributed by atoms with Crippen LogP contribution in [-0.2, 0) is 9.53 Å². The first-order chi connectivity index (χ1) is 11.2. The van der Waals surface area contributed by atoms with Crippen LogP contribution in [-0.4, -0.2) is 36.0 Å². The summed E-state index contributed by atoms with van der Waals surface area (Å²) in [6.45, 7) is 2.63. The van der Waals surface area contributed by atoms with Crippen molar-refractivity contribution < 1.29 is 14.3 Å². The van der Waals surface area contributed by atoms with E-state index in [9.17, 15) is 9.59 Å². The lowest BCUT2D eigenvalue weighted by Crippen LogP contribution is -2.41. The molecule has 0 radical (unpaired) electrons. The lowest BCUT2D eigenvalue weighted by atomic mass is 10.0. The summed E-state index contributed by atoms with van der Waals surface area (Å²) in [6.07, 6.45) is 7.11. The average Bonchev–Trinajstić information content (AvgIpc) is 2.85. The largest absolute Gasteiger partial charge is 0.466 e. The molecule has 0 atom stereocenters. The number of benzene rings is 1. The molecule has 1 fully saturated rings. The van der Waals surface area contributed by atoms with Gasteiger partial charge in [0.2, 0.25) is 0 Å². The van der Waals surface area contributed by atoms with Crippen molar-refractivity contribution in [3.8, 4) is 0 Å². The highest BCUT2D eigenvalue weighted by Gasteiger charge is 2.26. The number of rotatable bonds is 6. The fraction of sp³-hybridized carbons (Fsp3) is 0.579. The van der Waals surface area contributed by atoms with E-state index in [4.69, 9.17) is 4.74 Å². The van der Waals surface area contributed by atoms with Gasteiger partial charge in [0.05, 0.1) is 13.0 Å². The highest BCUT2D eigenvalue weighted by molar-refractivity contribution is 5.94. The molecule has 1 aliphatic carbocycles. The zero-order valence-corrected chi connectivity index (χ0v) is 14.0. The van der Waals surface area contributed by atoms with Crippen molar-refractivity contribution >= 4 is 11.9 Å². The second-order valence-corrected chi connectivity index (χ2v) is 6.06. The Labute approximate surface area is 138 Å². The monoisotopic (exact) mass is 317 g/mol. The average molecular weight is 317 g/mol. The Morgan fingerprint density at radius 1 is 1.09 bits per heavy atom. The molecule has 0 N–H and O–H groups in total. The number of esters is 1. The second kappa shape index (κ2) is 9.33. The molecule has 4 nitrogen and oxygen atoms in total. The predicted molar refractivity (Wildman–Crippen MR) is 90.2 cm³/mol. The van der Waals surface area contributed by atoms with Crippen LogP contribution in [0, 0.1) is 0 Å². The third kappa shape index (κ3) is 5.38. The molecule has 1 amide bonds. The summed E-state index contributed by atoms with van der Waals surface area (Å²) in [6, 6.07) is 9.59. The first-order valence-corrected chi connectivity index (χ1v) is 8.74. The molecule has 0 bridgehead atoms. The lowest BCUT2D eigenvalue weighted by Gasteiger charge is -2.31. The van der Waals surface area contributed by atoms with Gasteiger partial charge in [0.25, 0.3) is 5.91 Å². The molecule has 126 valence electrons. The van der Waals surface area contributed by atoms with E-state index in [1.807, 2.05) is 35.2 Å². The summed E-state index contributed by atoms with van der Waals surface area (Å²) < 4.78 is 5.01. The molecule has 1 aromatic carbocycles. The molecule has 4 heteroatoms. The van der Waals surface area contributed by atoms with Gasteiger partial charge in [-0.15, -0.1) is 0 Å². The summed E-state index contributed by atoms with van der Waals surface area (Å²) in [4.78, 5) is 26.5. The fourth-order valence-corrected chi connectivity index (χ4v) is 3.21. The summed E-state index contributed by atoms with van der Waals surface area (Å²) in [5.74, 6) is -0.200. The van der Waals surface area contributed by atoms with E-state index in [0.29, 0.717) is 18.7 Å². The van der Waals surface area contributed by atoms with Gasteiger partial charge in [-0.3, -0.25) is 9.59 Å². The topological polar surface area (TPSA) is 46.6 Å². The molecule has 0 heterocycles. The van der Waals surface area contributed by atoms with Gasteiger partial charge in [0, 0.05) is 18.2 Å². The Balaban J connectivity index is 2.09. The van der Waals surface area contributed by atoms with Gasteiger partial charge in [-0.2, -0.15) is 0 Å². The standard InChI is InChI=1S/C19H27NO3/c1-2-23-18(21)14-15-20(17-12-8-3-4-9-13-17)19(22)16-10-6-5-7-11-16/h5-7,10-11,17H,2-4,8-9,12-15H2,1H3. The highest BCUT2D eigenvalue weighted by Crippen LogP contribution is 2.23. The predicted octanol–water partition coefficient (Wildman–Crippen LogP) is 3.80. The maximum absolute atomic E-state index is 12.9. The second-order valence-electron chi connectivity index (χ2n) is 6.06. The Morgan fingerprint density at radius 2 is 1.74 bits per heavy atom. The summed E-state index contributed by atoms with van der Waals surface area (Å²) in [7, 11) is 0. The number of carbonyl (C=O) groups is 2. The smallest absolute Gasteiger partial charge is 0.307 e. The van der Waals surface area contributed by atoms with E-state index in [1.165, 1.54) is 12.8 Å². The fourth-order valence-electron chi connectivity index (χ4n) is 3.21. The van der Waals surface area contributed by atoms with Crippen molar-refractivity contribution in [1.82, 2.24) is 4.90 Å². The van der Waals surface area contributed by atoms with Crippen molar-refractivity contribution in [3.63, 3.8) is 0 Å². The molecular weight excluding hydrogens is 290 g/mol. The Morgan fingerprint density at radius 3 is 2.35 bits per heavy atom. The number of hydrogen-bond donors (Lipinski definition) is 0. The highest BCUT2D eigenvalue weighted by atomic mass is 16.5. The number of carbonyl (C=O) groups excluding carboxylic acids is 2. The number of hydrogen-bond acceptors (Lipinski definition) is 3. The number of amides is 1. The van der Waals surface area contributed by atoms with Crippen LogP contribution in [0.2, 0.25) is 0 Å². The number of nitrogens with zero attached hydrogens (tertiary/aromatic N) is 1. The van der Waals surface area contributed by atoms with Gasteiger partial charge in [-0.1, -0.05) is 43.9 Å². The summed E-state index contributed by atoms with van der Waals surface area (Å²) in [5, 5.41) is 0. The van der Waals surface area contributed by atoms with Gasteiger partial charge in [-0.25, -0.2) is 0 Å². The summed E-state index contributed by atoms with van der Waals surface area (Å²) >= 11 is 0. The zero-order valence-electron chi connectivity index (χ0n) is 14.0. The van der Waals surface area contributed by atoms with Crippen molar-refractivity contribution in [1.29, 1.82) is 0 Å². The minimum atomic E-state index is -0.230. The van der Waals surface area contributed by atoms with Crippen LogP contribution in [0.4, 0.5) is 0 Å². The maximum atomic E-state index is 12.9. The van der Waals surface area contributed by atoms with Crippen LogP contribution >= 0.6 is 0 Å². The van der Waals surface area contributed by atoms with Crippen LogP contribution in [0.15, 0.2) is 30.3 Å². The minimum absolute atomic E-state index is 0.0294. The van der Waals surface area contributed by atoms with E-state index in [2.05, 4.69) is 0 Å². The zero-order chi connectivity index (χ0) is 16.5. The van der Waals surface area contributed by atoms with Gasteiger partial charge in [0.1, 0.15) is 0 Å². The van der Waals surface area contributed by atoms with E-state index >= 15 is 0 Å². The quantitative estimate of drug-likeness (QED) is 0.592. The summed E-state index contributed by atoms with van der Waals surface area (Å²) in [5.41, 5.74) is 0.695. The minimum Gasteiger partial charge on any atom is -0.466 e. The SMILES string of the molecule is CCOC(=O)CCN(C(=O)c1ccccc1)C1CCCCCC1. The van der Waals surface area contributed by atoms with Crippen molar-refractivity contribution in [3.05, 3.63) is 35.9 Å². The van der Waals surface area contributed by atoms with Crippen molar-refractivity contribution in [2.45, 2.75) is 57.9 Å². The molecule has 0 saturated heterocycles. The third-order valence-corrected chi connectivity index (χ3v) is 4.41. The molecule has 1 saturated carbocycles. The van der Waals surface area contributed by atoms with Crippen LogP contribution in [0.25, 0.3) is 0 Å². The Kier molecular flexibility index (Phi) is 7.11. The number of ether oxygens (including phenoxy) is 1. The van der Waals surface area contributed by atoms with E-state index in [-0.39, 0.29) is 24.3 Å². The van der Waals surface area contributed by atoms with E-state index in [0.717, 1.165) is 25.7 Å².